The molecule has 1 atom stereocenters. The van der Waals surface area contributed by atoms with Crippen LogP contribution in [0.25, 0.3) is 0 Å². The number of carbonyl (C=O) groups excluding carboxylic acids is 2. The lowest BCUT2D eigenvalue weighted by Crippen LogP contribution is -2.42. The first kappa shape index (κ1) is 24.1. The minimum atomic E-state index is -0.355. The minimum absolute atomic E-state index is 0.151. The Morgan fingerprint density at radius 2 is 1.86 bits per heavy atom. The van der Waals surface area contributed by atoms with E-state index in [9.17, 15) is 9.59 Å². The van der Waals surface area contributed by atoms with E-state index in [0.717, 1.165) is 25.2 Å². The van der Waals surface area contributed by atoms with Gasteiger partial charge < -0.3 is 24.4 Å². The third-order valence-electron chi connectivity index (χ3n) is 5.26. The van der Waals surface area contributed by atoms with E-state index in [4.69, 9.17) is 14.2 Å². The van der Waals surface area contributed by atoms with Crippen LogP contribution in [0.2, 0.25) is 0 Å². The van der Waals surface area contributed by atoms with Crippen LogP contribution in [-0.4, -0.2) is 64.6 Å². The number of likely N-dealkylation sites (tertiary alicyclic amines) is 1. The number of nitrogens with zero attached hydrogens (tertiary/aromatic N) is 4. The third kappa shape index (κ3) is 6.30. The zero-order valence-corrected chi connectivity index (χ0v) is 19.9. The number of pyridine rings is 1. The number of amides is 2. The molecule has 1 aliphatic heterocycles. The normalized spacial score (nSPS) is 13.5. The monoisotopic (exact) mass is 477 g/mol. The highest BCUT2D eigenvalue weighted by molar-refractivity contribution is 6.04. The van der Waals surface area contributed by atoms with Crippen molar-refractivity contribution in [1.29, 1.82) is 0 Å². The number of ether oxygens (including phenoxy) is 3. The van der Waals surface area contributed by atoms with Gasteiger partial charge in [0.2, 0.25) is 5.88 Å². The first-order valence-electron chi connectivity index (χ1n) is 11.2. The van der Waals surface area contributed by atoms with E-state index in [1.807, 2.05) is 19.9 Å². The molecular formula is C25H27N5O5. The molecule has 1 saturated heterocycles. The lowest BCUT2D eigenvalue weighted by molar-refractivity contribution is 0.0645. The molecule has 3 aromatic rings. The largest absolute Gasteiger partial charge is 0.488 e. The number of rotatable bonds is 9. The van der Waals surface area contributed by atoms with E-state index in [-0.39, 0.29) is 29.5 Å². The number of hydrogen-bond acceptors (Lipinski definition) is 8. The van der Waals surface area contributed by atoms with Gasteiger partial charge in [-0.2, -0.15) is 0 Å². The van der Waals surface area contributed by atoms with Crippen molar-refractivity contribution < 1.29 is 23.8 Å². The second-order valence-electron chi connectivity index (χ2n) is 8.21. The van der Waals surface area contributed by atoms with E-state index in [1.54, 1.807) is 42.5 Å². The topological polar surface area (TPSA) is 116 Å². The Morgan fingerprint density at radius 3 is 2.49 bits per heavy atom. The highest BCUT2D eigenvalue weighted by Crippen LogP contribution is 2.28. The first-order valence-corrected chi connectivity index (χ1v) is 11.2. The number of benzene rings is 1. The standard InChI is InChI=1S/C25H27N5O5/c1-16-5-6-19(12-26-16)29-24(31)18-9-20(34-17(2)15-33-3)11-21(10-18)35-23-14-27-22(13-28-23)25(32)30-7-4-8-30/h5-6,9-14,17H,4,7-8,15H2,1-3H3,(H,29,31)/t17-/m0/s1. The number of anilines is 1. The Labute approximate surface area is 203 Å². The number of carbonyl (C=O) groups is 2. The summed E-state index contributed by atoms with van der Waals surface area (Å²) in [5.41, 5.74) is 1.99. The first-order chi connectivity index (χ1) is 16.9. The Bertz CT molecular complexity index is 1180. The van der Waals surface area contributed by atoms with Crippen molar-refractivity contribution in [3.05, 3.63) is 65.9 Å². The zero-order valence-electron chi connectivity index (χ0n) is 19.9. The lowest BCUT2D eigenvalue weighted by Gasteiger charge is -2.30. The third-order valence-corrected chi connectivity index (χ3v) is 5.26. The van der Waals surface area contributed by atoms with E-state index >= 15 is 0 Å². The Hall–Kier alpha value is -4.05. The Morgan fingerprint density at radius 1 is 1.06 bits per heavy atom. The molecule has 1 aliphatic rings. The van der Waals surface area contributed by atoms with Gasteiger partial charge in [0, 0.05) is 37.5 Å². The fourth-order valence-electron chi connectivity index (χ4n) is 3.36. The van der Waals surface area contributed by atoms with Crippen LogP contribution in [0.1, 0.15) is 39.9 Å². The minimum Gasteiger partial charge on any atom is -0.488 e. The van der Waals surface area contributed by atoms with Gasteiger partial charge in [0.25, 0.3) is 11.8 Å². The van der Waals surface area contributed by atoms with E-state index < -0.39 is 0 Å². The summed E-state index contributed by atoms with van der Waals surface area (Å²) in [5.74, 6) is 0.433. The second kappa shape index (κ2) is 10.9. The highest BCUT2D eigenvalue weighted by atomic mass is 16.5. The maximum absolute atomic E-state index is 12.9. The van der Waals surface area contributed by atoms with Crippen LogP contribution in [-0.2, 0) is 4.74 Å². The van der Waals surface area contributed by atoms with Crippen molar-refractivity contribution >= 4 is 17.5 Å². The highest BCUT2D eigenvalue weighted by Gasteiger charge is 2.23. The molecule has 10 heteroatoms. The number of aromatic nitrogens is 3. The van der Waals surface area contributed by atoms with Crippen molar-refractivity contribution in [1.82, 2.24) is 19.9 Å². The molecule has 10 nitrogen and oxygen atoms in total. The fourth-order valence-corrected chi connectivity index (χ4v) is 3.36. The van der Waals surface area contributed by atoms with Crippen molar-refractivity contribution in [2.45, 2.75) is 26.4 Å². The van der Waals surface area contributed by atoms with Crippen LogP contribution in [0, 0.1) is 6.92 Å². The molecule has 35 heavy (non-hydrogen) atoms. The molecule has 2 amide bonds. The van der Waals surface area contributed by atoms with Crippen LogP contribution in [0.15, 0.2) is 48.9 Å². The molecule has 1 N–H and O–H groups in total. The summed E-state index contributed by atoms with van der Waals surface area (Å²) in [5, 5.41) is 2.82. The molecule has 0 saturated carbocycles. The van der Waals surface area contributed by atoms with Gasteiger partial charge in [0.05, 0.1) is 30.9 Å². The summed E-state index contributed by atoms with van der Waals surface area (Å²) in [6.07, 6.45) is 5.10. The summed E-state index contributed by atoms with van der Waals surface area (Å²) in [4.78, 5) is 39.5. The van der Waals surface area contributed by atoms with E-state index in [1.165, 1.54) is 12.4 Å². The molecule has 0 bridgehead atoms. The quantitative estimate of drug-likeness (QED) is 0.498. The summed E-state index contributed by atoms with van der Waals surface area (Å²) >= 11 is 0. The molecule has 182 valence electrons. The molecule has 4 rings (SSSR count). The van der Waals surface area contributed by atoms with Crippen molar-refractivity contribution in [3.8, 4) is 17.4 Å². The average molecular weight is 478 g/mol. The van der Waals surface area contributed by atoms with E-state index in [0.29, 0.717) is 29.4 Å². The smallest absolute Gasteiger partial charge is 0.274 e. The fraction of sp³-hybridized carbons (Fsp3) is 0.320. The van der Waals surface area contributed by atoms with Crippen molar-refractivity contribution in [2.24, 2.45) is 0 Å². The van der Waals surface area contributed by atoms with Crippen LogP contribution >= 0.6 is 0 Å². The molecule has 0 aliphatic carbocycles. The number of aryl methyl sites for hydroxylation is 1. The van der Waals surface area contributed by atoms with Gasteiger partial charge >= 0.3 is 0 Å². The number of hydrogen-bond donors (Lipinski definition) is 1. The number of nitrogens with one attached hydrogen (secondary N) is 1. The zero-order chi connectivity index (χ0) is 24.8. The summed E-state index contributed by atoms with van der Waals surface area (Å²) in [6.45, 7) is 5.56. The SMILES string of the molecule is COC[C@H](C)Oc1cc(Oc2cnc(C(=O)N3CCC3)cn2)cc(C(=O)Nc2ccc(C)nc2)c1. The van der Waals surface area contributed by atoms with Gasteiger partial charge in [-0.05, 0) is 44.5 Å². The van der Waals surface area contributed by atoms with Gasteiger partial charge in [-0.1, -0.05) is 0 Å². The molecule has 0 radical (unpaired) electrons. The molecule has 1 fully saturated rings. The van der Waals surface area contributed by atoms with Crippen LogP contribution in [0.5, 0.6) is 17.4 Å². The average Bonchev–Trinajstić information content (AvgIpc) is 2.80. The molecule has 0 unspecified atom stereocenters. The van der Waals surface area contributed by atoms with Gasteiger partial charge in [0.15, 0.2) is 0 Å². The molecular weight excluding hydrogens is 450 g/mol. The van der Waals surface area contributed by atoms with Crippen LogP contribution in [0.4, 0.5) is 5.69 Å². The summed E-state index contributed by atoms with van der Waals surface area (Å²) in [6, 6.07) is 8.43. The summed E-state index contributed by atoms with van der Waals surface area (Å²) < 4.78 is 16.9. The maximum atomic E-state index is 12.9. The van der Waals surface area contributed by atoms with Crippen LogP contribution < -0.4 is 14.8 Å². The number of methoxy groups -OCH3 is 1. The van der Waals surface area contributed by atoms with Crippen LogP contribution in [0.3, 0.4) is 0 Å². The van der Waals surface area contributed by atoms with Crippen molar-refractivity contribution in [3.63, 3.8) is 0 Å². The molecule has 1 aromatic carbocycles. The second-order valence-corrected chi connectivity index (χ2v) is 8.21. The Balaban J connectivity index is 1.54. The predicted molar refractivity (Wildman–Crippen MR) is 128 cm³/mol. The molecule has 3 heterocycles. The predicted octanol–water partition coefficient (Wildman–Crippen LogP) is 3.48. The molecule has 0 spiro atoms. The maximum Gasteiger partial charge on any atom is 0.274 e. The molecule has 2 aromatic heterocycles. The Kier molecular flexibility index (Phi) is 7.51. The van der Waals surface area contributed by atoms with Crippen molar-refractivity contribution in [2.75, 3.05) is 32.1 Å². The lowest BCUT2D eigenvalue weighted by atomic mass is 10.1. The van der Waals surface area contributed by atoms with Gasteiger partial charge in [-0.3, -0.25) is 14.6 Å². The van der Waals surface area contributed by atoms with E-state index in [2.05, 4.69) is 20.3 Å². The van der Waals surface area contributed by atoms with Gasteiger partial charge in [-0.25, -0.2) is 9.97 Å². The van der Waals surface area contributed by atoms with Gasteiger partial charge in [-0.15, -0.1) is 0 Å². The summed E-state index contributed by atoms with van der Waals surface area (Å²) in [7, 11) is 1.59. The van der Waals surface area contributed by atoms with Gasteiger partial charge in [0.1, 0.15) is 23.3 Å².